The van der Waals surface area contributed by atoms with Crippen LogP contribution in [0.4, 0.5) is 10.5 Å². The SMILES string of the molecule is NN1C(=O)C(c2ccccc2Cl)c2c1ccc(Cl)c2CCN1CCN(C(=O)OCc2ccccc2)CC1. The van der Waals surface area contributed by atoms with Crippen molar-refractivity contribution in [3.8, 4) is 0 Å². The van der Waals surface area contributed by atoms with E-state index in [0.717, 1.165) is 41.9 Å². The number of nitrogens with zero attached hydrogens (tertiary/aromatic N) is 3. The number of ether oxygens (including phenoxy) is 1. The standard InChI is InChI=1S/C28H28Cl2N4O3/c29-22-9-5-4-8-20(22)26-25-21(23(30)10-11-24(25)34(31)27(26)35)12-13-32-14-16-33(17-15-32)28(36)37-18-19-6-2-1-3-7-19/h1-11,26H,12-18,31H2. The molecule has 0 saturated carbocycles. The molecule has 2 N–H and O–H groups in total. The van der Waals surface area contributed by atoms with Crippen molar-refractivity contribution in [1.82, 2.24) is 9.80 Å². The van der Waals surface area contributed by atoms with E-state index in [1.54, 1.807) is 23.1 Å². The summed E-state index contributed by atoms with van der Waals surface area (Å²) < 4.78 is 5.47. The molecule has 1 atom stereocenters. The van der Waals surface area contributed by atoms with Crippen LogP contribution in [0.1, 0.15) is 28.2 Å². The Morgan fingerprint density at radius 3 is 2.35 bits per heavy atom. The summed E-state index contributed by atoms with van der Waals surface area (Å²) in [5.41, 5.74) is 4.05. The van der Waals surface area contributed by atoms with Gasteiger partial charge in [0.15, 0.2) is 0 Å². The maximum Gasteiger partial charge on any atom is 0.410 e. The van der Waals surface area contributed by atoms with Crippen molar-refractivity contribution in [2.75, 3.05) is 37.7 Å². The number of carbonyl (C=O) groups is 2. The lowest BCUT2D eigenvalue weighted by molar-refractivity contribution is -0.118. The van der Waals surface area contributed by atoms with Crippen LogP contribution in [0.25, 0.3) is 0 Å². The molecule has 1 saturated heterocycles. The molecule has 2 heterocycles. The monoisotopic (exact) mass is 538 g/mol. The molecule has 1 fully saturated rings. The fourth-order valence-electron chi connectivity index (χ4n) is 5.03. The zero-order valence-corrected chi connectivity index (χ0v) is 21.8. The maximum atomic E-state index is 13.2. The van der Waals surface area contributed by atoms with E-state index in [0.29, 0.717) is 35.2 Å². The second kappa shape index (κ2) is 11.1. The van der Waals surface area contributed by atoms with Gasteiger partial charge in [0, 0.05) is 42.8 Å². The molecule has 5 rings (SSSR count). The molecule has 7 nitrogen and oxygen atoms in total. The number of hydrogen-bond acceptors (Lipinski definition) is 5. The van der Waals surface area contributed by atoms with Crippen LogP contribution in [0, 0.1) is 0 Å². The van der Waals surface area contributed by atoms with E-state index >= 15 is 0 Å². The Morgan fingerprint density at radius 1 is 0.919 bits per heavy atom. The summed E-state index contributed by atoms with van der Waals surface area (Å²) in [5.74, 6) is 5.34. The van der Waals surface area contributed by atoms with Crippen molar-refractivity contribution < 1.29 is 14.3 Å². The van der Waals surface area contributed by atoms with Crippen molar-refractivity contribution in [3.63, 3.8) is 0 Å². The first-order valence-electron chi connectivity index (χ1n) is 12.3. The molecule has 0 aliphatic carbocycles. The van der Waals surface area contributed by atoms with Gasteiger partial charge in [-0.2, -0.15) is 0 Å². The topological polar surface area (TPSA) is 79.1 Å². The lowest BCUT2D eigenvalue weighted by atomic mass is 9.88. The molecule has 37 heavy (non-hydrogen) atoms. The molecule has 0 aromatic heterocycles. The Labute approximate surface area is 226 Å². The normalized spacial score (nSPS) is 17.7. The van der Waals surface area contributed by atoms with E-state index in [-0.39, 0.29) is 18.6 Å². The molecule has 2 amide bonds. The Hall–Kier alpha value is -3.10. The van der Waals surface area contributed by atoms with Crippen LogP contribution in [0.15, 0.2) is 66.7 Å². The molecule has 1 unspecified atom stereocenters. The second-order valence-electron chi connectivity index (χ2n) is 9.24. The van der Waals surface area contributed by atoms with Crippen molar-refractivity contribution >= 4 is 40.9 Å². The molecule has 3 aromatic carbocycles. The highest BCUT2D eigenvalue weighted by Gasteiger charge is 2.40. The van der Waals surface area contributed by atoms with Crippen molar-refractivity contribution in [1.29, 1.82) is 0 Å². The summed E-state index contributed by atoms with van der Waals surface area (Å²) in [6.45, 7) is 3.63. The summed E-state index contributed by atoms with van der Waals surface area (Å²) in [4.78, 5) is 29.7. The fraction of sp³-hybridized carbons (Fsp3) is 0.286. The third kappa shape index (κ3) is 5.31. The van der Waals surface area contributed by atoms with Crippen molar-refractivity contribution in [2.24, 2.45) is 5.84 Å². The number of hydrogen-bond donors (Lipinski definition) is 1. The third-order valence-electron chi connectivity index (χ3n) is 7.04. The first kappa shape index (κ1) is 25.5. The highest BCUT2D eigenvalue weighted by atomic mass is 35.5. The average Bonchev–Trinajstić information content (AvgIpc) is 3.17. The minimum atomic E-state index is -0.598. The van der Waals surface area contributed by atoms with Gasteiger partial charge < -0.3 is 9.64 Å². The van der Waals surface area contributed by atoms with Crippen LogP contribution in [-0.2, 0) is 22.6 Å². The van der Waals surface area contributed by atoms with Gasteiger partial charge in [-0.1, -0.05) is 71.7 Å². The number of nitrogens with two attached hydrogens (primary N) is 1. The van der Waals surface area contributed by atoms with Gasteiger partial charge in [0.25, 0.3) is 5.91 Å². The molecular weight excluding hydrogens is 511 g/mol. The summed E-state index contributed by atoms with van der Waals surface area (Å²) in [7, 11) is 0. The number of halogens is 2. The highest BCUT2D eigenvalue weighted by molar-refractivity contribution is 6.33. The average molecular weight is 539 g/mol. The first-order chi connectivity index (χ1) is 17.9. The minimum Gasteiger partial charge on any atom is -0.445 e. The van der Waals surface area contributed by atoms with Crippen LogP contribution in [0.3, 0.4) is 0 Å². The molecule has 192 valence electrons. The maximum absolute atomic E-state index is 13.2. The molecule has 9 heteroatoms. The van der Waals surface area contributed by atoms with E-state index in [4.69, 9.17) is 33.8 Å². The quantitative estimate of drug-likeness (QED) is 0.358. The van der Waals surface area contributed by atoms with Gasteiger partial charge >= 0.3 is 6.09 Å². The number of piperazine rings is 1. The van der Waals surface area contributed by atoms with E-state index in [1.807, 2.05) is 48.5 Å². The Kier molecular flexibility index (Phi) is 7.67. The molecule has 0 spiro atoms. The number of hydrazine groups is 1. The van der Waals surface area contributed by atoms with Crippen LogP contribution < -0.4 is 10.9 Å². The summed E-state index contributed by atoms with van der Waals surface area (Å²) in [5, 5.41) is 2.31. The van der Waals surface area contributed by atoms with Gasteiger partial charge in [0.05, 0.1) is 11.6 Å². The van der Waals surface area contributed by atoms with Crippen LogP contribution in [-0.4, -0.2) is 54.5 Å². The lowest BCUT2D eigenvalue weighted by Gasteiger charge is -2.34. The zero-order valence-electron chi connectivity index (χ0n) is 20.3. The highest BCUT2D eigenvalue weighted by Crippen LogP contribution is 2.45. The first-order valence-corrected chi connectivity index (χ1v) is 13.0. The van der Waals surface area contributed by atoms with Crippen LogP contribution in [0.2, 0.25) is 10.0 Å². The third-order valence-corrected chi connectivity index (χ3v) is 7.74. The Balaban J connectivity index is 1.24. The number of carbonyl (C=O) groups excluding carboxylic acids is 2. The van der Waals surface area contributed by atoms with E-state index in [9.17, 15) is 9.59 Å². The van der Waals surface area contributed by atoms with Gasteiger partial charge in [-0.05, 0) is 46.9 Å². The lowest BCUT2D eigenvalue weighted by Crippen LogP contribution is -2.49. The summed E-state index contributed by atoms with van der Waals surface area (Å²) in [6.07, 6.45) is 0.347. The van der Waals surface area contributed by atoms with E-state index < -0.39 is 5.92 Å². The van der Waals surface area contributed by atoms with Gasteiger partial charge in [0.1, 0.15) is 6.61 Å². The number of fused-ring (bicyclic) bond motifs is 1. The van der Waals surface area contributed by atoms with Crippen LogP contribution in [0.5, 0.6) is 0 Å². The predicted octanol–water partition coefficient (Wildman–Crippen LogP) is 4.84. The number of amides is 2. The summed E-state index contributed by atoms with van der Waals surface area (Å²) >= 11 is 13.1. The van der Waals surface area contributed by atoms with Gasteiger partial charge in [-0.25, -0.2) is 15.6 Å². The fourth-order valence-corrected chi connectivity index (χ4v) is 5.53. The second-order valence-corrected chi connectivity index (χ2v) is 10.1. The molecular formula is C28H28Cl2N4O3. The Bertz CT molecular complexity index is 1300. The molecule has 3 aromatic rings. The van der Waals surface area contributed by atoms with Gasteiger partial charge in [-0.15, -0.1) is 0 Å². The molecule has 0 bridgehead atoms. The van der Waals surface area contributed by atoms with Crippen LogP contribution >= 0.6 is 23.2 Å². The predicted molar refractivity (Wildman–Crippen MR) is 145 cm³/mol. The van der Waals surface area contributed by atoms with E-state index in [2.05, 4.69) is 4.90 Å². The van der Waals surface area contributed by atoms with Gasteiger partial charge in [0.2, 0.25) is 0 Å². The minimum absolute atomic E-state index is 0.228. The number of anilines is 1. The number of benzene rings is 3. The van der Waals surface area contributed by atoms with E-state index in [1.165, 1.54) is 5.01 Å². The molecule has 2 aliphatic heterocycles. The largest absolute Gasteiger partial charge is 0.445 e. The summed E-state index contributed by atoms with van der Waals surface area (Å²) in [6, 6.07) is 20.6. The molecule has 0 radical (unpaired) electrons. The smallest absolute Gasteiger partial charge is 0.410 e. The Morgan fingerprint density at radius 2 is 1.62 bits per heavy atom. The van der Waals surface area contributed by atoms with Crippen molar-refractivity contribution in [2.45, 2.75) is 18.9 Å². The van der Waals surface area contributed by atoms with Gasteiger partial charge in [-0.3, -0.25) is 9.69 Å². The zero-order chi connectivity index (χ0) is 25.9. The number of rotatable bonds is 6. The van der Waals surface area contributed by atoms with Crippen molar-refractivity contribution in [3.05, 3.63) is 99.0 Å². The molecule has 2 aliphatic rings.